The second-order valence-corrected chi connectivity index (χ2v) is 4.96. The molecule has 1 aliphatic rings. The Kier molecular flexibility index (Phi) is 2.88. The number of aromatic nitrogens is 1. The van der Waals surface area contributed by atoms with Gasteiger partial charge >= 0.3 is 0 Å². The minimum atomic E-state index is 0.200. The van der Waals surface area contributed by atoms with E-state index in [9.17, 15) is 10.4 Å². The minimum Gasteiger partial charge on any atom is -0.508 e. The molecule has 0 saturated carbocycles. The van der Waals surface area contributed by atoms with E-state index < -0.39 is 0 Å². The lowest BCUT2D eigenvalue weighted by Gasteiger charge is -2.11. The second-order valence-electron chi connectivity index (χ2n) is 4.60. The topological polar surface area (TPSA) is 56.9 Å². The van der Waals surface area contributed by atoms with Crippen molar-refractivity contribution >= 4 is 11.6 Å². The van der Waals surface area contributed by atoms with E-state index in [1.165, 1.54) is 0 Å². The van der Waals surface area contributed by atoms with Gasteiger partial charge in [0.2, 0.25) is 0 Å². The summed E-state index contributed by atoms with van der Waals surface area (Å²) >= 11 is 6.11. The molecule has 0 bridgehead atoms. The molecule has 0 amide bonds. The molecule has 4 heteroatoms. The third kappa shape index (κ3) is 1.94. The lowest BCUT2D eigenvalue weighted by molar-refractivity contribution is 0.475. The fraction of sp³-hybridized carbons (Fsp3) is 0.200. The largest absolute Gasteiger partial charge is 0.508 e. The van der Waals surface area contributed by atoms with Crippen molar-refractivity contribution in [3.63, 3.8) is 0 Å². The SMILES string of the molecule is N#Cc1c(Cl)nc(-c2cccc(O)c2)c2c1CCC2. The molecule has 1 aromatic carbocycles. The molecule has 0 fully saturated rings. The zero-order valence-corrected chi connectivity index (χ0v) is 10.9. The predicted octanol–water partition coefficient (Wildman–Crippen LogP) is 3.47. The van der Waals surface area contributed by atoms with Crippen LogP contribution in [0.2, 0.25) is 5.15 Å². The summed E-state index contributed by atoms with van der Waals surface area (Å²) in [6, 6.07) is 9.10. The Morgan fingerprint density at radius 2 is 2.05 bits per heavy atom. The quantitative estimate of drug-likeness (QED) is 0.807. The van der Waals surface area contributed by atoms with Crippen molar-refractivity contribution in [1.29, 1.82) is 5.26 Å². The highest BCUT2D eigenvalue weighted by molar-refractivity contribution is 6.30. The Morgan fingerprint density at radius 1 is 1.26 bits per heavy atom. The summed E-state index contributed by atoms with van der Waals surface area (Å²) in [5.41, 5.74) is 4.22. The van der Waals surface area contributed by atoms with E-state index in [2.05, 4.69) is 11.1 Å². The van der Waals surface area contributed by atoms with Crippen LogP contribution in [-0.2, 0) is 12.8 Å². The van der Waals surface area contributed by atoms with E-state index in [1.807, 2.05) is 6.07 Å². The van der Waals surface area contributed by atoms with Gasteiger partial charge in [0.15, 0.2) is 0 Å². The normalized spacial score (nSPS) is 13.1. The van der Waals surface area contributed by atoms with Crippen LogP contribution in [-0.4, -0.2) is 10.1 Å². The number of phenolic OH excluding ortho intramolecular Hbond substituents is 1. The molecule has 0 atom stereocenters. The summed E-state index contributed by atoms with van der Waals surface area (Å²) in [5, 5.41) is 19.0. The van der Waals surface area contributed by atoms with Crippen molar-refractivity contribution in [2.45, 2.75) is 19.3 Å². The van der Waals surface area contributed by atoms with Crippen LogP contribution in [0.5, 0.6) is 5.75 Å². The summed E-state index contributed by atoms with van der Waals surface area (Å²) in [5.74, 6) is 0.200. The van der Waals surface area contributed by atoms with Gasteiger partial charge in [0.1, 0.15) is 17.0 Å². The maximum atomic E-state index is 9.58. The number of hydrogen-bond acceptors (Lipinski definition) is 3. The number of halogens is 1. The standard InChI is InChI=1S/C15H11ClN2O/c16-15-13(8-17)11-5-2-6-12(11)14(18-15)9-3-1-4-10(19)7-9/h1,3-4,7,19H,2,5-6H2. The molecule has 0 radical (unpaired) electrons. The number of hydrogen-bond donors (Lipinski definition) is 1. The Bertz CT molecular complexity index is 704. The number of fused-ring (bicyclic) bond motifs is 1. The molecule has 94 valence electrons. The molecule has 1 aliphatic carbocycles. The number of nitriles is 1. The van der Waals surface area contributed by atoms with Crippen LogP contribution < -0.4 is 0 Å². The number of aromatic hydroxyl groups is 1. The van der Waals surface area contributed by atoms with Crippen LogP contribution >= 0.6 is 11.6 Å². The van der Waals surface area contributed by atoms with Crippen molar-refractivity contribution in [3.05, 3.63) is 46.1 Å². The smallest absolute Gasteiger partial charge is 0.147 e. The fourth-order valence-electron chi connectivity index (χ4n) is 2.63. The molecule has 2 aromatic rings. The highest BCUT2D eigenvalue weighted by atomic mass is 35.5. The summed E-state index contributed by atoms with van der Waals surface area (Å²) in [7, 11) is 0. The van der Waals surface area contributed by atoms with Gasteiger partial charge in [-0.25, -0.2) is 4.98 Å². The first-order valence-electron chi connectivity index (χ1n) is 6.11. The summed E-state index contributed by atoms with van der Waals surface area (Å²) < 4.78 is 0. The summed E-state index contributed by atoms with van der Waals surface area (Å²) in [6.45, 7) is 0. The van der Waals surface area contributed by atoms with Crippen LogP contribution in [0, 0.1) is 11.3 Å². The first-order valence-corrected chi connectivity index (χ1v) is 6.49. The minimum absolute atomic E-state index is 0.200. The number of phenols is 1. The van der Waals surface area contributed by atoms with Crippen LogP contribution in [0.25, 0.3) is 11.3 Å². The van der Waals surface area contributed by atoms with Gasteiger partial charge in [0.25, 0.3) is 0 Å². The molecule has 0 saturated heterocycles. The highest BCUT2D eigenvalue weighted by Gasteiger charge is 2.23. The van der Waals surface area contributed by atoms with Crippen molar-refractivity contribution in [2.24, 2.45) is 0 Å². The summed E-state index contributed by atoms with van der Waals surface area (Å²) in [4.78, 5) is 4.36. The van der Waals surface area contributed by atoms with Gasteiger partial charge in [-0.2, -0.15) is 5.26 Å². The lowest BCUT2D eigenvalue weighted by Crippen LogP contribution is -1.98. The van der Waals surface area contributed by atoms with Crippen LogP contribution in [0.4, 0.5) is 0 Å². The van der Waals surface area contributed by atoms with Crippen molar-refractivity contribution in [1.82, 2.24) is 4.98 Å². The van der Waals surface area contributed by atoms with Gasteiger partial charge in [0.05, 0.1) is 11.3 Å². The lowest BCUT2D eigenvalue weighted by atomic mass is 10.00. The van der Waals surface area contributed by atoms with E-state index in [-0.39, 0.29) is 10.9 Å². The Labute approximate surface area is 116 Å². The first-order chi connectivity index (χ1) is 9.20. The van der Waals surface area contributed by atoms with E-state index in [1.54, 1.807) is 18.2 Å². The fourth-order valence-corrected chi connectivity index (χ4v) is 2.87. The molecule has 0 spiro atoms. The summed E-state index contributed by atoms with van der Waals surface area (Å²) in [6.07, 6.45) is 2.78. The van der Waals surface area contributed by atoms with Gasteiger partial charge in [-0.05, 0) is 42.5 Å². The molecular formula is C15H11ClN2O. The van der Waals surface area contributed by atoms with Gasteiger partial charge in [-0.1, -0.05) is 23.7 Å². The molecule has 0 unspecified atom stereocenters. The third-order valence-electron chi connectivity index (χ3n) is 3.45. The van der Waals surface area contributed by atoms with E-state index >= 15 is 0 Å². The second kappa shape index (κ2) is 4.56. The zero-order chi connectivity index (χ0) is 13.4. The predicted molar refractivity (Wildman–Crippen MR) is 73.1 cm³/mol. The van der Waals surface area contributed by atoms with Crippen molar-refractivity contribution < 1.29 is 5.11 Å². The average molecular weight is 271 g/mol. The Hall–Kier alpha value is -2.05. The average Bonchev–Trinajstić information content (AvgIpc) is 2.87. The maximum absolute atomic E-state index is 9.58. The Balaban J connectivity index is 2.27. The number of benzene rings is 1. The van der Waals surface area contributed by atoms with E-state index in [4.69, 9.17) is 11.6 Å². The molecule has 3 nitrogen and oxygen atoms in total. The molecule has 1 aromatic heterocycles. The van der Waals surface area contributed by atoms with Crippen LogP contribution in [0.1, 0.15) is 23.1 Å². The van der Waals surface area contributed by atoms with Gasteiger partial charge in [-0.3, -0.25) is 0 Å². The first kappa shape index (κ1) is 12.0. The molecular weight excluding hydrogens is 260 g/mol. The monoisotopic (exact) mass is 270 g/mol. The highest BCUT2D eigenvalue weighted by Crippen LogP contribution is 2.36. The van der Waals surface area contributed by atoms with Crippen LogP contribution in [0.3, 0.4) is 0 Å². The van der Waals surface area contributed by atoms with Crippen molar-refractivity contribution in [2.75, 3.05) is 0 Å². The third-order valence-corrected chi connectivity index (χ3v) is 3.73. The molecule has 1 heterocycles. The Morgan fingerprint density at radius 3 is 2.79 bits per heavy atom. The molecule has 1 N–H and O–H groups in total. The molecule has 19 heavy (non-hydrogen) atoms. The molecule has 3 rings (SSSR count). The number of nitrogens with zero attached hydrogens (tertiary/aromatic N) is 2. The van der Waals surface area contributed by atoms with Gasteiger partial charge in [-0.15, -0.1) is 0 Å². The van der Waals surface area contributed by atoms with Crippen LogP contribution in [0.15, 0.2) is 24.3 Å². The zero-order valence-electron chi connectivity index (χ0n) is 10.2. The molecule has 0 aliphatic heterocycles. The van der Waals surface area contributed by atoms with Crippen molar-refractivity contribution in [3.8, 4) is 23.1 Å². The van der Waals surface area contributed by atoms with E-state index in [0.717, 1.165) is 41.6 Å². The van der Waals surface area contributed by atoms with Gasteiger partial charge < -0.3 is 5.11 Å². The van der Waals surface area contributed by atoms with Gasteiger partial charge in [0, 0.05) is 5.56 Å². The number of rotatable bonds is 1. The van der Waals surface area contributed by atoms with E-state index in [0.29, 0.717) is 5.56 Å². The maximum Gasteiger partial charge on any atom is 0.147 e. The number of pyridine rings is 1.